The van der Waals surface area contributed by atoms with E-state index in [4.69, 9.17) is 0 Å². The van der Waals surface area contributed by atoms with Crippen LogP contribution in [0.25, 0.3) is 0 Å². The third kappa shape index (κ3) is 4.86. The second-order valence-corrected chi connectivity index (χ2v) is 8.83. The van der Waals surface area contributed by atoms with Crippen LogP contribution >= 0.6 is 11.3 Å². The van der Waals surface area contributed by atoms with Gasteiger partial charge >= 0.3 is 0 Å². The second kappa shape index (κ2) is 8.37. The summed E-state index contributed by atoms with van der Waals surface area (Å²) in [6.07, 6.45) is 1.62. The van der Waals surface area contributed by atoms with Crippen LogP contribution in [0.1, 0.15) is 38.8 Å². The van der Waals surface area contributed by atoms with Crippen molar-refractivity contribution >= 4 is 34.2 Å². The van der Waals surface area contributed by atoms with E-state index in [1.807, 2.05) is 22.1 Å². The molecule has 0 saturated carbocycles. The first-order chi connectivity index (χ1) is 12.8. The molecule has 3 rings (SSSR count). The Morgan fingerprint density at radius 2 is 2.00 bits per heavy atom. The van der Waals surface area contributed by atoms with Gasteiger partial charge in [-0.1, -0.05) is 13.8 Å². The van der Waals surface area contributed by atoms with E-state index in [9.17, 15) is 14.4 Å². The number of nitrogens with zero attached hydrogens (tertiary/aromatic N) is 3. The molecule has 0 spiro atoms. The summed E-state index contributed by atoms with van der Waals surface area (Å²) in [6, 6.07) is 0. The number of hydrogen-bond donors (Lipinski definition) is 1. The van der Waals surface area contributed by atoms with Gasteiger partial charge in [-0.05, 0) is 25.7 Å². The van der Waals surface area contributed by atoms with E-state index in [-0.39, 0.29) is 29.6 Å². The lowest BCUT2D eigenvalue weighted by molar-refractivity contribution is -0.138. The maximum atomic E-state index is 12.8. The maximum Gasteiger partial charge on any atom is 0.229 e. The Balaban J connectivity index is 1.48. The van der Waals surface area contributed by atoms with E-state index in [1.165, 1.54) is 11.3 Å². The molecule has 2 fully saturated rings. The van der Waals surface area contributed by atoms with Crippen molar-refractivity contribution in [1.82, 2.24) is 14.8 Å². The van der Waals surface area contributed by atoms with Crippen molar-refractivity contribution in [2.24, 2.45) is 17.8 Å². The van der Waals surface area contributed by atoms with Crippen LogP contribution in [-0.2, 0) is 14.4 Å². The monoisotopic (exact) mass is 392 g/mol. The molecule has 0 aromatic carbocycles. The van der Waals surface area contributed by atoms with Crippen LogP contribution in [0.15, 0.2) is 5.38 Å². The lowest BCUT2D eigenvalue weighted by Gasteiger charge is -2.32. The lowest BCUT2D eigenvalue weighted by Crippen LogP contribution is -2.44. The molecule has 1 N–H and O–H groups in total. The second-order valence-electron chi connectivity index (χ2n) is 7.98. The van der Waals surface area contributed by atoms with Crippen molar-refractivity contribution in [2.75, 3.05) is 31.5 Å². The van der Waals surface area contributed by atoms with Gasteiger partial charge in [-0.15, -0.1) is 11.3 Å². The summed E-state index contributed by atoms with van der Waals surface area (Å²) >= 11 is 1.42. The molecule has 0 aliphatic carbocycles. The molecule has 1 aromatic heterocycles. The molecule has 0 unspecified atom stereocenters. The molecule has 0 bridgehead atoms. The Morgan fingerprint density at radius 1 is 1.30 bits per heavy atom. The summed E-state index contributed by atoms with van der Waals surface area (Å²) < 4.78 is 0. The summed E-state index contributed by atoms with van der Waals surface area (Å²) in [7, 11) is 0. The number of anilines is 1. The molecule has 1 atom stereocenters. The van der Waals surface area contributed by atoms with Crippen LogP contribution < -0.4 is 5.32 Å². The molecule has 0 radical (unpaired) electrons. The normalized spacial score (nSPS) is 21.2. The first-order valence-electron chi connectivity index (χ1n) is 9.63. The molecule has 2 aliphatic rings. The number of carbonyl (C=O) groups excluding carboxylic acids is 3. The third-order valence-corrected chi connectivity index (χ3v) is 6.05. The average molecular weight is 393 g/mol. The molecule has 27 heavy (non-hydrogen) atoms. The van der Waals surface area contributed by atoms with Crippen molar-refractivity contribution < 1.29 is 14.4 Å². The number of amides is 3. The minimum atomic E-state index is -0.236. The van der Waals surface area contributed by atoms with Gasteiger partial charge in [0, 0.05) is 43.9 Å². The number of nitrogens with one attached hydrogen (secondary N) is 1. The zero-order chi connectivity index (χ0) is 19.6. The predicted octanol–water partition coefficient (Wildman–Crippen LogP) is 2.13. The van der Waals surface area contributed by atoms with Crippen LogP contribution in [0.2, 0.25) is 0 Å². The van der Waals surface area contributed by atoms with Crippen molar-refractivity contribution in [1.29, 1.82) is 0 Å². The molecular formula is C19H28N4O3S. The van der Waals surface area contributed by atoms with Crippen molar-refractivity contribution in [3.8, 4) is 0 Å². The van der Waals surface area contributed by atoms with E-state index < -0.39 is 0 Å². The van der Waals surface area contributed by atoms with Crippen molar-refractivity contribution in [2.45, 2.75) is 40.0 Å². The molecule has 148 valence electrons. The summed E-state index contributed by atoms with van der Waals surface area (Å²) in [5.74, 6) is 0.189. The van der Waals surface area contributed by atoms with Crippen molar-refractivity contribution in [3.05, 3.63) is 11.1 Å². The summed E-state index contributed by atoms with van der Waals surface area (Å²) in [5, 5.41) is 5.41. The average Bonchev–Trinajstić information content (AvgIpc) is 3.19. The quantitative estimate of drug-likeness (QED) is 0.832. The molecule has 7 nitrogen and oxygen atoms in total. The zero-order valence-electron chi connectivity index (χ0n) is 16.2. The van der Waals surface area contributed by atoms with Gasteiger partial charge in [0.2, 0.25) is 17.7 Å². The lowest BCUT2D eigenvalue weighted by atomic mass is 9.94. The Bertz CT molecular complexity index is 710. The van der Waals surface area contributed by atoms with E-state index in [0.29, 0.717) is 56.5 Å². The Hall–Kier alpha value is -1.96. The molecule has 3 heterocycles. The fraction of sp³-hybridized carbons (Fsp3) is 0.684. The maximum absolute atomic E-state index is 12.8. The number of likely N-dealkylation sites (tertiary alicyclic amines) is 2. The number of rotatable bonds is 5. The highest BCUT2D eigenvalue weighted by Gasteiger charge is 2.38. The van der Waals surface area contributed by atoms with Crippen LogP contribution in [-0.4, -0.2) is 58.7 Å². The molecule has 2 aliphatic heterocycles. The van der Waals surface area contributed by atoms with Gasteiger partial charge in [0.05, 0.1) is 11.6 Å². The molecule has 3 amide bonds. The van der Waals surface area contributed by atoms with Crippen LogP contribution in [0.5, 0.6) is 0 Å². The van der Waals surface area contributed by atoms with Gasteiger partial charge in [0.15, 0.2) is 5.13 Å². The van der Waals surface area contributed by atoms with Gasteiger partial charge in [0.25, 0.3) is 0 Å². The minimum Gasteiger partial charge on any atom is -0.342 e. The fourth-order valence-corrected chi connectivity index (χ4v) is 4.49. The van der Waals surface area contributed by atoms with E-state index in [0.717, 1.165) is 5.69 Å². The summed E-state index contributed by atoms with van der Waals surface area (Å²) in [5.41, 5.74) is 0.897. The molecular weight excluding hydrogens is 364 g/mol. The van der Waals surface area contributed by atoms with Gasteiger partial charge < -0.3 is 15.1 Å². The predicted molar refractivity (Wildman–Crippen MR) is 104 cm³/mol. The van der Waals surface area contributed by atoms with E-state index in [1.54, 1.807) is 0 Å². The minimum absolute atomic E-state index is 0.0180. The number of hydrogen-bond acceptors (Lipinski definition) is 5. The Labute approximate surface area is 164 Å². The van der Waals surface area contributed by atoms with Gasteiger partial charge in [-0.2, -0.15) is 0 Å². The standard InChI is InChI=1S/C19H28N4O3S/c1-12(2)9-23-10-15(8-16(23)24)18(26)22-6-4-14(5-7-22)17(25)21-19-20-13(3)11-27-19/h11-12,14-15H,4-10H2,1-3H3,(H,20,21,25)/t15-/m0/s1. The largest absolute Gasteiger partial charge is 0.342 e. The SMILES string of the molecule is Cc1csc(NC(=O)C2CCN(C(=O)[C@H]3CC(=O)N(CC(C)C)C3)CC2)n1. The Kier molecular flexibility index (Phi) is 6.14. The smallest absolute Gasteiger partial charge is 0.229 e. The first-order valence-corrected chi connectivity index (χ1v) is 10.5. The van der Waals surface area contributed by atoms with Crippen molar-refractivity contribution in [3.63, 3.8) is 0 Å². The Morgan fingerprint density at radius 3 is 2.59 bits per heavy atom. The highest BCUT2D eigenvalue weighted by Crippen LogP contribution is 2.25. The van der Waals surface area contributed by atoms with Crippen LogP contribution in [0.3, 0.4) is 0 Å². The summed E-state index contributed by atoms with van der Waals surface area (Å²) in [6.45, 7) is 8.43. The summed E-state index contributed by atoms with van der Waals surface area (Å²) in [4.78, 5) is 45.2. The molecule has 2 saturated heterocycles. The van der Waals surface area contributed by atoms with E-state index in [2.05, 4.69) is 24.1 Å². The number of aryl methyl sites for hydroxylation is 1. The van der Waals surface area contributed by atoms with Crippen LogP contribution in [0, 0.1) is 24.7 Å². The number of thiazole rings is 1. The fourth-order valence-electron chi connectivity index (χ4n) is 3.79. The molecule has 8 heteroatoms. The zero-order valence-corrected chi connectivity index (χ0v) is 17.1. The highest BCUT2D eigenvalue weighted by atomic mass is 32.1. The first kappa shape index (κ1) is 19.8. The van der Waals surface area contributed by atoms with Gasteiger partial charge in [0.1, 0.15) is 0 Å². The highest BCUT2D eigenvalue weighted by molar-refractivity contribution is 7.13. The van der Waals surface area contributed by atoms with Gasteiger partial charge in [-0.25, -0.2) is 4.98 Å². The number of aromatic nitrogens is 1. The third-order valence-electron chi connectivity index (χ3n) is 5.18. The molecule has 1 aromatic rings. The topological polar surface area (TPSA) is 82.6 Å². The van der Waals surface area contributed by atoms with Crippen LogP contribution in [0.4, 0.5) is 5.13 Å². The number of carbonyl (C=O) groups is 3. The van der Waals surface area contributed by atoms with E-state index >= 15 is 0 Å². The number of piperidine rings is 1. The van der Waals surface area contributed by atoms with Gasteiger partial charge in [-0.3, -0.25) is 14.4 Å².